The number of hydrogen-bond acceptors (Lipinski definition) is 4. The molecule has 1 saturated carbocycles. The van der Waals surface area contributed by atoms with Crippen molar-refractivity contribution in [3.8, 4) is 0 Å². The van der Waals surface area contributed by atoms with Crippen molar-refractivity contribution in [2.24, 2.45) is 0 Å². The molecule has 1 aromatic rings. The molecule has 0 atom stereocenters. The van der Waals surface area contributed by atoms with Crippen LogP contribution < -0.4 is 4.72 Å². The van der Waals surface area contributed by atoms with Crippen LogP contribution in [0.25, 0.3) is 0 Å². The number of carbonyl (C=O) groups is 1. The van der Waals surface area contributed by atoms with Gasteiger partial charge in [0.1, 0.15) is 4.90 Å². The Morgan fingerprint density at radius 3 is 2.50 bits per heavy atom. The predicted octanol–water partition coefficient (Wildman–Crippen LogP) is 1.56. The van der Waals surface area contributed by atoms with Gasteiger partial charge in [0.2, 0.25) is 10.0 Å². The molecular weight excluding hydrogens is 350 g/mol. The third-order valence-corrected chi connectivity index (χ3v) is 6.48. The predicted molar refractivity (Wildman–Crippen MR) is 92.8 cm³/mol. The summed E-state index contributed by atoms with van der Waals surface area (Å²) in [5.74, 6) is -0.148. The van der Waals surface area contributed by atoms with E-state index in [1.165, 1.54) is 12.1 Å². The van der Waals surface area contributed by atoms with Crippen molar-refractivity contribution < 1.29 is 13.2 Å². The van der Waals surface area contributed by atoms with Crippen LogP contribution in [0.3, 0.4) is 0 Å². The highest BCUT2D eigenvalue weighted by Crippen LogP contribution is 2.27. The van der Waals surface area contributed by atoms with Crippen molar-refractivity contribution in [2.75, 3.05) is 32.7 Å². The zero-order chi connectivity index (χ0) is 17.3. The van der Waals surface area contributed by atoms with Gasteiger partial charge in [-0.1, -0.05) is 18.5 Å². The van der Waals surface area contributed by atoms with Crippen LogP contribution in [0, 0.1) is 0 Å². The number of sulfonamides is 1. The molecule has 24 heavy (non-hydrogen) atoms. The Labute approximate surface area is 147 Å². The van der Waals surface area contributed by atoms with E-state index >= 15 is 0 Å². The highest BCUT2D eigenvalue weighted by atomic mass is 35.5. The second kappa shape index (κ2) is 7.00. The van der Waals surface area contributed by atoms with Crippen molar-refractivity contribution in [2.45, 2.75) is 30.7 Å². The van der Waals surface area contributed by atoms with Gasteiger partial charge in [-0.25, -0.2) is 13.1 Å². The largest absolute Gasteiger partial charge is 0.336 e. The van der Waals surface area contributed by atoms with Crippen molar-refractivity contribution in [1.29, 1.82) is 0 Å². The van der Waals surface area contributed by atoms with Gasteiger partial charge in [-0.15, -0.1) is 0 Å². The topological polar surface area (TPSA) is 69.7 Å². The number of likely N-dealkylation sites (N-methyl/N-ethyl adjacent to an activating group) is 1. The summed E-state index contributed by atoms with van der Waals surface area (Å²) in [6, 6.07) is 4.46. The van der Waals surface area contributed by atoms with E-state index in [0.717, 1.165) is 32.5 Å². The Balaban J connectivity index is 1.79. The molecule has 1 amide bonds. The molecule has 0 spiro atoms. The molecule has 1 aromatic carbocycles. The summed E-state index contributed by atoms with van der Waals surface area (Å²) in [4.78, 5) is 16.7. The highest BCUT2D eigenvalue weighted by Gasteiger charge is 2.30. The standard InChI is InChI=1S/C16H22ClN3O3S/c1-2-19-7-9-20(10-8-19)16(21)12-3-6-14(17)15(11-12)24(22,23)18-13-4-5-13/h3,6,11,13,18H,2,4-5,7-10H2,1H3. The molecule has 0 radical (unpaired) electrons. The number of benzene rings is 1. The number of nitrogens with one attached hydrogen (secondary N) is 1. The van der Waals surface area contributed by atoms with Crippen molar-refractivity contribution in [3.05, 3.63) is 28.8 Å². The monoisotopic (exact) mass is 371 g/mol. The maximum atomic E-state index is 12.7. The Kier molecular flexibility index (Phi) is 5.15. The SMILES string of the molecule is CCN1CCN(C(=O)c2ccc(Cl)c(S(=O)(=O)NC3CC3)c2)CC1. The molecule has 6 nitrogen and oxygen atoms in total. The number of halogens is 1. The first-order chi connectivity index (χ1) is 11.4. The van der Waals surface area contributed by atoms with Gasteiger partial charge in [0, 0.05) is 37.8 Å². The van der Waals surface area contributed by atoms with Crippen LogP contribution in [-0.4, -0.2) is 62.9 Å². The van der Waals surface area contributed by atoms with E-state index in [2.05, 4.69) is 16.5 Å². The lowest BCUT2D eigenvalue weighted by Crippen LogP contribution is -2.48. The van der Waals surface area contributed by atoms with Crippen LogP contribution in [0.2, 0.25) is 5.02 Å². The van der Waals surface area contributed by atoms with Gasteiger partial charge in [-0.3, -0.25) is 4.79 Å². The van der Waals surface area contributed by atoms with Gasteiger partial charge in [0.05, 0.1) is 5.02 Å². The summed E-state index contributed by atoms with van der Waals surface area (Å²) in [6.45, 7) is 6.04. The van der Waals surface area contributed by atoms with E-state index in [0.29, 0.717) is 18.7 Å². The Bertz CT molecular complexity index is 726. The summed E-state index contributed by atoms with van der Waals surface area (Å²) in [6.07, 6.45) is 1.69. The molecule has 2 aliphatic rings. The van der Waals surface area contributed by atoms with E-state index in [1.807, 2.05) is 0 Å². The third kappa shape index (κ3) is 3.91. The quantitative estimate of drug-likeness (QED) is 0.852. The average molecular weight is 372 g/mol. The zero-order valence-corrected chi connectivity index (χ0v) is 15.2. The molecule has 1 saturated heterocycles. The number of rotatable bonds is 5. The lowest BCUT2D eigenvalue weighted by atomic mass is 10.2. The van der Waals surface area contributed by atoms with E-state index in [-0.39, 0.29) is 21.9 Å². The molecule has 1 aliphatic heterocycles. The molecule has 2 fully saturated rings. The second-order valence-electron chi connectivity index (χ2n) is 6.27. The maximum absolute atomic E-state index is 12.7. The Hall–Kier alpha value is -1.15. The number of carbonyl (C=O) groups excluding carboxylic acids is 1. The molecule has 1 heterocycles. The minimum atomic E-state index is -3.69. The van der Waals surface area contributed by atoms with Crippen molar-refractivity contribution in [3.63, 3.8) is 0 Å². The van der Waals surface area contributed by atoms with Crippen molar-refractivity contribution >= 4 is 27.5 Å². The van der Waals surface area contributed by atoms with Crippen LogP contribution in [0.4, 0.5) is 0 Å². The van der Waals surface area contributed by atoms with Crippen LogP contribution >= 0.6 is 11.6 Å². The minimum absolute atomic E-state index is 0.00690. The Morgan fingerprint density at radius 2 is 1.92 bits per heavy atom. The molecule has 0 bridgehead atoms. The van der Waals surface area contributed by atoms with E-state index in [1.54, 1.807) is 11.0 Å². The molecular formula is C16H22ClN3O3S. The smallest absolute Gasteiger partial charge is 0.253 e. The fourth-order valence-corrected chi connectivity index (χ4v) is 4.61. The maximum Gasteiger partial charge on any atom is 0.253 e. The molecule has 132 valence electrons. The van der Waals surface area contributed by atoms with Gasteiger partial charge in [-0.05, 0) is 37.6 Å². The van der Waals surface area contributed by atoms with Gasteiger partial charge in [0.25, 0.3) is 5.91 Å². The summed E-state index contributed by atoms with van der Waals surface area (Å²) in [5.41, 5.74) is 0.362. The third-order valence-electron chi connectivity index (χ3n) is 4.47. The van der Waals surface area contributed by atoms with Crippen LogP contribution in [0.15, 0.2) is 23.1 Å². The van der Waals surface area contributed by atoms with E-state index < -0.39 is 10.0 Å². The van der Waals surface area contributed by atoms with E-state index in [4.69, 9.17) is 11.6 Å². The number of nitrogens with zero attached hydrogens (tertiary/aromatic N) is 2. The first kappa shape index (κ1) is 17.7. The first-order valence-corrected chi connectivity index (χ1v) is 10.1. The fourth-order valence-electron chi connectivity index (χ4n) is 2.78. The lowest BCUT2D eigenvalue weighted by molar-refractivity contribution is 0.0643. The Morgan fingerprint density at radius 1 is 1.25 bits per heavy atom. The fraction of sp³-hybridized carbons (Fsp3) is 0.562. The summed E-state index contributed by atoms with van der Waals surface area (Å²) in [7, 11) is -3.69. The molecule has 1 N–H and O–H groups in total. The summed E-state index contributed by atoms with van der Waals surface area (Å²) >= 11 is 6.06. The zero-order valence-electron chi connectivity index (χ0n) is 13.7. The average Bonchev–Trinajstić information content (AvgIpc) is 3.38. The van der Waals surface area contributed by atoms with Gasteiger partial charge in [0.15, 0.2) is 0 Å². The number of amides is 1. The normalized spacial score (nSPS) is 19.5. The summed E-state index contributed by atoms with van der Waals surface area (Å²) < 4.78 is 27.4. The molecule has 0 unspecified atom stereocenters. The molecule has 3 rings (SSSR count). The summed E-state index contributed by atoms with van der Waals surface area (Å²) in [5, 5.41) is 0.135. The molecule has 0 aromatic heterocycles. The van der Waals surface area contributed by atoms with Crippen LogP contribution in [-0.2, 0) is 10.0 Å². The van der Waals surface area contributed by atoms with Gasteiger partial charge < -0.3 is 9.80 Å². The van der Waals surface area contributed by atoms with Gasteiger partial charge >= 0.3 is 0 Å². The minimum Gasteiger partial charge on any atom is -0.336 e. The number of piperazine rings is 1. The van der Waals surface area contributed by atoms with E-state index in [9.17, 15) is 13.2 Å². The second-order valence-corrected chi connectivity index (χ2v) is 8.36. The lowest BCUT2D eigenvalue weighted by Gasteiger charge is -2.34. The first-order valence-electron chi connectivity index (χ1n) is 8.24. The van der Waals surface area contributed by atoms with Gasteiger partial charge in [-0.2, -0.15) is 0 Å². The van der Waals surface area contributed by atoms with Crippen molar-refractivity contribution in [1.82, 2.24) is 14.5 Å². The molecule has 1 aliphatic carbocycles. The highest BCUT2D eigenvalue weighted by molar-refractivity contribution is 7.89. The number of hydrogen-bond donors (Lipinski definition) is 1. The van der Waals surface area contributed by atoms with Crippen LogP contribution in [0.5, 0.6) is 0 Å². The molecule has 8 heteroatoms. The van der Waals surface area contributed by atoms with Crippen LogP contribution in [0.1, 0.15) is 30.1 Å².